The van der Waals surface area contributed by atoms with E-state index in [1.54, 1.807) is 37.4 Å². The zero-order valence-electron chi connectivity index (χ0n) is 11.0. The van der Waals surface area contributed by atoms with Gasteiger partial charge >= 0.3 is 5.97 Å². The van der Waals surface area contributed by atoms with E-state index in [1.165, 1.54) is 6.07 Å². The molecule has 0 aliphatic rings. The van der Waals surface area contributed by atoms with Gasteiger partial charge in [0.25, 0.3) is 0 Å². The second kappa shape index (κ2) is 5.21. The van der Waals surface area contributed by atoms with Crippen LogP contribution in [-0.2, 0) is 0 Å². The fraction of sp³-hybridized carbons (Fsp3) is 0.0667. The van der Waals surface area contributed by atoms with E-state index in [2.05, 4.69) is 20.9 Å². The van der Waals surface area contributed by atoms with E-state index in [4.69, 9.17) is 9.15 Å². The highest BCUT2D eigenvalue weighted by molar-refractivity contribution is 9.10. The molecule has 0 fully saturated rings. The van der Waals surface area contributed by atoms with Gasteiger partial charge < -0.3 is 14.3 Å². The van der Waals surface area contributed by atoms with Gasteiger partial charge in [0, 0.05) is 10.0 Å². The summed E-state index contributed by atoms with van der Waals surface area (Å²) in [5.74, 6) is 0.0490. The van der Waals surface area contributed by atoms with Crippen LogP contribution in [-0.4, -0.2) is 23.2 Å². The van der Waals surface area contributed by atoms with Crippen LogP contribution in [0.1, 0.15) is 10.4 Å². The van der Waals surface area contributed by atoms with Crippen molar-refractivity contribution >= 4 is 33.0 Å². The lowest BCUT2D eigenvalue weighted by atomic mass is 10.2. The van der Waals surface area contributed by atoms with Crippen LogP contribution in [0.25, 0.3) is 22.6 Å². The Morgan fingerprint density at radius 2 is 2.00 bits per heavy atom. The average molecular weight is 348 g/mol. The van der Waals surface area contributed by atoms with Crippen molar-refractivity contribution in [3.8, 4) is 17.2 Å². The first-order chi connectivity index (χ1) is 10.1. The molecular weight excluding hydrogens is 338 g/mol. The molecule has 2 aromatic carbocycles. The number of hydrogen-bond acceptors (Lipinski definition) is 4. The standard InChI is InChI=1S/C15H10BrNO4/c1-20-10-4-2-8(3-5-10)14-17-13-11(15(18)19)6-9(16)7-12(13)21-14/h2-7H,1H3,(H,18,19). The average Bonchev–Trinajstić information content (AvgIpc) is 2.90. The first kappa shape index (κ1) is 13.6. The highest BCUT2D eigenvalue weighted by Crippen LogP contribution is 2.30. The summed E-state index contributed by atoms with van der Waals surface area (Å²) >= 11 is 3.27. The number of oxazole rings is 1. The molecule has 21 heavy (non-hydrogen) atoms. The summed E-state index contributed by atoms with van der Waals surface area (Å²) in [7, 11) is 1.59. The molecule has 3 rings (SSSR count). The van der Waals surface area contributed by atoms with Crippen LogP contribution in [0, 0.1) is 0 Å². The maximum Gasteiger partial charge on any atom is 0.338 e. The second-order valence-electron chi connectivity index (χ2n) is 4.35. The Balaban J connectivity index is 2.16. The van der Waals surface area contributed by atoms with E-state index in [9.17, 15) is 9.90 Å². The normalized spacial score (nSPS) is 10.8. The number of benzene rings is 2. The van der Waals surface area contributed by atoms with Gasteiger partial charge in [-0.05, 0) is 36.4 Å². The largest absolute Gasteiger partial charge is 0.497 e. The minimum atomic E-state index is -1.05. The van der Waals surface area contributed by atoms with Gasteiger partial charge in [-0.1, -0.05) is 15.9 Å². The third-order valence-corrected chi connectivity index (χ3v) is 3.48. The fourth-order valence-corrected chi connectivity index (χ4v) is 2.45. The molecule has 0 bridgehead atoms. The Hall–Kier alpha value is -2.34. The van der Waals surface area contributed by atoms with Gasteiger partial charge in [0.2, 0.25) is 5.89 Å². The van der Waals surface area contributed by atoms with Crippen molar-refractivity contribution in [3.05, 3.63) is 46.4 Å². The molecule has 1 N–H and O–H groups in total. The van der Waals surface area contributed by atoms with Crippen LogP contribution >= 0.6 is 15.9 Å². The number of nitrogens with zero attached hydrogens (tertiary/aromatic N) is 1. The molecule has 0 aliphatic heterocycles. The van der Waals surface area contributed by atoms with Crippen LogP contribution in [0.4, 0.5) is 0 Å². The summed E-state index contributed by atoms with van der Waals surface area (Å²) < 4.78 is 11.4. The number of ether oxygens (including phenoxy) is 1. The smallest absolute Gasteiger partial charge is 0.338 e. The topological polar surface area (TPSA) is 72.6 Å². The summed E-state index contributed by atoms with van der Waals surface area (Å²) in [5.41, 5.74) is 1.60. The molecule has 0 amide bonds. The third-order valence-electron chi connectivity index (χ3n) is 3.03. The number of carboxylic acid groups (broad SMARTS) is 1. The molecule has 0 saturated carbocycles. The van der Waals surface area contributed by atoms with Crippen molar-refractivity contribution in [3.63, 3.8) is 0 Å². The van der Waals surface area contributed by atoms with Gasteiger partial charge in [0.1, 0.15) is 11.3 Å². The van der Waals surface area contributed by atoms with Gasteiger partial charge in [-0.2, -0.15) is 0 Å². The lowest BCUT2D eigenvalue weighted by Crippen LogP contribution is -1.97. The fourth-order valence-electron chi connectivity index (χ4n) is 2.02. The van der Waals surface area contributed by atoms with Crippen molar-refractivity contribution in [2.24, 2.45) is 0 Å². The molecule has 0 radical (unpaired) electrons. The first-order valence-electron chi connectivity index (χ1n) is 6.06. The van der Waals surface area contributed by atoms with Crippen LogP contribution in [0.3, 0.4) is 0 Å². The lowest BCUT2D eigenvalue weighted by molar-refractivity contribution is 0.0698. The number of halogens is 1. The van der Waals surface area contributed by atoms with E-state index in [1.807, 2.05) is 0 Å². The zero-order chi connectivity index (χ0) is 15.0. The van der Waals surface area contributed by atoms with E-state index < -0.39 is 5.97 Å². The molecule has 0 saturated heterocycles. The third kappa shape index (κ3) is 2.50. The Kier molecular flexibility index (Phi) is 3.39. The van der Waals surface area contributed by atoms with Crippen molar-refractivity contribution in [2.45, 2.75) is 0 Å². The highest BCUT2D eigenvalue weighted by atomic mass is 79.9. The van der Waals surface area contributed by atoms with Crippen LogP contribution < -0.4 is 4.74 Å². The van der Waals surface area contributed by atoms with Gasteiger partial charge in [-0.3, -0.25) is 0 Å². The molecule has 3 aromatic rings. The number of fused-ring (bicyclic) bond motifs is 1. The minimum absolute atomic E-state index is 0.0999. The number of rotatable bonds is 3. The van der Waals surface area contributed by atoms with E-state index in [-0.39, 0.29) is 5.56 Å². The molecule has 0 unspecified atom stereocenters. The first-order valence-corrected chi connectivity index (χ1v) is 6.85. The maximum absolute atomic E-state index is 11.3. The Bertz CT molecular complexity index is 824. The van der Waals surface area contributed by atoms with E-state index in [0.29, 0.717) is 21.5 Å². The number of carboxylic acids is 1. The van der Waals surface area contributed by atoms with Crippen molar-refractivity contribution < 1.29 is 19.1 Å². The molecule has 1 aromatic heterocycles. The van der Waals surface area contributed by atoms with Crippen molar-refractivity contribution in [2.75, 3.05) is 7.11 Å². The quantitative estimate of drug-likeness (QED) is 0.776. The van der Waals surface area contributed by atoms with E-state index >= 15 is 0 Å². The molecule has 5 nitrogen and oxygen atoms in total. The maximum atomic E-state index is 11.3. The lowest BCUT2D eigenvalue weighted by Gasteiger charge is -1.99. The summed E-state index contributed by atoms with van der Waals surface area (Å²) in [6.45, 7) is 0. The second-order valence-corrected chi connectivity index (χ2v) is 5.27. The molecular formula is C15H10BrNO4. The molecule has 1 heterocycles. The predicted octanol–water partition coefficient (Wildman–Crippen LogP) is 3.96. The minimum Gasteiger partial charge on any atom is -0.497 e. The molecule has 0 spiro atoms. The van der Waals surface area contributed by atoms with Gasteiger partial charge in [0.15, 0.2) is 5.58 Å². The number of hydrogen-bond donors (Lipinski definition) is 1. The summed E-state index contributed by atoms with van der Waals surface area (Å²) in [6, 6.07) is 10.4. The van der Waals surface area contributed by atoms with Crippen molar-refractivity contribution in [1.29, 1.82) is 0 Å². The Morgan fingerprint density at radius 3 is 2.62 bits per heavy atom. The predicted molar refractivity (Wildman–Crippen MR) is 80.7 cm³/mol. The van der Waals surface area contributed by atoms with Gasteiger partial charge in [-0.15, -0.1) is 0 Å². The van der Waals surface area contributed by atoms with Crippen molar-refractivity contribution in [1.82, 2.24) is 4.98 Å². The number of aromatic nitrogens is 1. The summed E-state index contributed by atoms with van der Waals surface area (Å²) in [4.78, 5) is 15.6. The van der Waals surface area contributed by atoms with Gasteiger partial charge in [0.05, 0.1) is 12.7 Å². The van der Waals surface area contributed by atoms with Crippen LogP contribution in [0.2, 0.25) is 0 Å². The number of methoxy groups -OCH3 is 1. The number of carbonyl (C=O) groups is 1. The van der Waals surface area contributed by atoms with E-state index in [0.717, 1.165) is 11.3 Å². The zero-order valence-corrected chi connectivity index (χ0v) is 12.5. The molecule has 0 atom stereocenters. The Labute approximate surface area is 128 Å². The van der Waals surface area contributed by atoms with Crippen LogP contribution in [0.5, 0.6) is 5.75 Å². The Morgan fingerprint density at radius 1 is 1.29 bits per heavy atom. The van der Waals surface area contributed by atoms with Gasteiger partial charge in [-0.25, -0.2) is 9.78 Å². The molecule has 0 aliphatic carbocycles. The van der Waals surface area contributed by atoms with Crippen LogP contribution in [0.15, 0.2) is 45.3 Å². The molecule has 6 heteroatoms. The summed E-state index contributed by atoms with van der Waals surface area (Å²) in [6.07, 6.45) is 0. The number of aromatic carboxylic acids is 1. The summed E-state index contributed by atoms with van der Waals surface area (Å²) in [5, 5.41) is 9.24. The highest BCUT2D eigenvalue weighted by Gasteiger charge is 2.17. The SMILES string of the molecule is COc1ccc(-c2nc3c(C(=O)O)cc(Br)cc3o2)cc1. The monoisotopic (exact) mass is 347 g/mol. The molecule has 106 valence electrons.